The minimum absolute atomic E-state index is 0.118. The molecule has 0 saturated carbocycles. The minimum atomic E-state index is -0.438. The van der Waals surface area contributed by atoms with Crippen LogP contribution < -0.4 is 24.8 Å². The minimum Gasteiger partial charge on any atom is -0.495 e. The highest BCUT2D eigenvalue weighted by Gasteiger charge is 2.29. The number of benzene rings is 3. The Labute approximate surface area is 182 Å². The Kier molecular flexibility index (Phi) is 6.38. The summed E-state index contributed by atoms with van der Waals surface area (Å²) in [4.78, 5) is 13.3. The van der Waals surface area contributed by atoms with Gasteiger partial charge in [-0.05, 0) is 36.8 Å². The van der Waals surface area contributed by atoms with Crippen LogP contribution in [-0.4, -0.2) is 32.3 Å². The third-order valence-electron chi connectivity index (χ3n) is 5.26. The second-order valence-corrected chi connectivity index (χ2v) is 7.55. The molecular weight excluding hydrogens is 392 g/mol. The van der Waals surface area contributed by atoms with E-state index in [2.05, 4.69) is 5.32 Å². The van der Waals surface area contributed by atoms with E-state index in [0.717, 1.165) is 22.6 Å². The maximum absolute atomic E-state index is 13.3. The number of carbonyl (C=O) groups excluding carboxylic acids is 1. The first kappa shape index (κ1) is 20.8. The van der Waals surface area contributed by atoms with Crippen LogP contribution in [0, 0.1) is 6.92 Å². The molecule has 0 saturated heterocycles. The summed E-state index contributed by atoms with van der Waals surface area (Å²) in [7, 11) is 1.60. The molecule has 6 heteroatoms. The highest BCUT2D eigenvalue weighted by molar-refractivity contribution is 5.95. The SMILES string of the molecule is COc1ccc(C)cc1NC(=O)[C@H]([NH2+]C[C@@H]1COc2ccccc2O1)c1ccccc1. The molecule has 0 aliphatic carbocycles. The van der Waals surface area contributed by atoms with Crippen molar-refractivity contribution >= 4 is 11.6 Å². The van der Waals surface area contributed by atoms with Gasteiger partial charge in [-0.15, -0.1) is 0 Å². The quantitative estimate of drug-likeness (QED) is 0.617. The third kappa shape index (κ3) is 4.98. The van der Waals surface area contributed by atoms with Crippen LogP contribution in [0.1, 0.15) is 17.2 Å². The summed E-state index contributed by atoms with van der Waals surface area (Å²) in [5.41, 5.74) is 2.62. The number of rotatable bonds is 7. The van der Waals surface area contributed by atoms with E-state index in [0.29, 0.717) is 24.6 Å². The Morgan fingerprint density at radius 2 is 1.84 bits per heavy atom. The molecule has 0 radical (unpaired) electrons. The van der Waals surface area contributed by atoms with Crippen molar-refractivity contribution in [2.45, 2.75) is 19.1 Å². The lowest BCUT2D eigenvalue weighted by molar-refractivity contribution is -0.687. The number of hydrogen-bond acceptors (Lipinski definition) is 4. The average molecular weight is 420 g/mol. The van der Waals surface area contributed by atoms with Crippen molar-refractivity contribution in [2.75, 3.05) is 25.6 Å². The molecule has 3 N–H and O–H groups in total. The van der Waals surface area contributed by atoms with E-state index in [9.17, 15) is 4.79 Å². The molecule has 1 amide bonds. The molecule has 3 aromatic rings. The predicted octanol–water partition coefficient (Wildman–Crippen LogP) is 3.09. The standard InChI is InChI=1S/C25H26N2O4/c1-17-12-13-21(29-2)20(14-17)27-25(28)24(18-8-4-3-5-9-18)26-15-19-16-30-22-10-6-7-11-23(22)31-19/h3-14,19,24,26H,15-16H2,1-2H3,(H,27,28)/p+1/t19-,24-/m1/s1. The number of para-hydroxylation sites is 2. The third-order valence-corrected chi connectivity index (χ3v) is 5.26. The largest absolute Gasteiger partial charge is 0.495 e. The molecule has 160 valence electrons. The van der Waals surface area contributed by atoms with Crippen LogP contribution in [0.25, 0.3) is 0 Å². The van der Waals surface area contributed by atoms with Crippen molar-refractivity contribution in [1.82, 2.24) is 0 Å². The van der Waals surface area contributed by atoms with E-state index in [1.807, 2.05) is 85.0 Å². The van der Waals surface area contributed by atoms with Gasteiger partial charge in [-0.1, -0.05) is 48.5 Å². The Balaban J connectivity index is 1.49. The maximum Gasteiger partial charge on any atom is 0.287 e. The Bertz CT molecular complexity index is 1040. The molecule has 0 aromatic heterocycles. The number of nitrogens with one attached hydrogen (secondary N) is 1. The number of anilines is 1. The zero-order valence-corrected chi connectivity index (χ0v) is 17.7. The van der Waals surface area contributed by atoms with Gasteiger partial charge in [-0.3, -0.25) is 4.79 Å². The van der Waals surface area contributed by atoms with Crippen LogP contribution in [0.5, 0.6) is 17.2 Å². The van der Waals surface area contributed by atoms with E-state index < -0.39 is 6.04 Å². The van der Waals surface area contributed by atoms with Gasteiger partial charge in [0.2, 0.25) is 0 Å². The van der Waals surface area contributed by atoms with Gasteiger partial charge in [0.15, 0.2) is 23.6 Å². The second-order valence-electron chi connectivity index (χ2n) is 7.55. The van der Waals surface area contributed by atoms with Crippen LogP contribution >= 0.6 is 0 Å². The lowest BCUT2D eigenvalue weighted by Gasteiger charge is -2.26. The molecular formula is C25H27N2O4+. The number of fused-ring (bicyclic) bond motifs is 1. The summed E-state index contributed by atoms with van der Waals surface area (Å²) >= 11 is 0. The summed E-state index contributed by atoms with van der Waals surface area (Å²) in [6.45, 7) is 3.00. The van der Waals surface area contributed by atoms with E-state index in [-0.39, 0.29) is 12.0 Å². The van der Waals surface area contributed by atoms with Crippen molar-refractivity contribution in [3.8, 4) is 17.2 Å². The Morgan fingerprint density at radius 1 is 1.10 bits per heavy atom. The number of hydrogen-bond donors (Lipinski definition) is 2. The van der Waals surface area contributed by atoms with E-state index >= 15 is 0 Å². The van der Waals surface area contributed by atoms with E-state index in [4.69, 9.17) is 14.2 Å². The highest BCUT2D eigenvalue weighted by Crippen LogP contribution is 2.30. The van der Waals surface area contributed by atoms with Crippen molar-refractivity contribution in [2.24, 2.45) is 0 Å². The number of aryl methyl sites for hydroxylation is 1. The number of quaternary nitrogens is 1. The van der Waals surface area contributed by atoms with Crippen molar-refractivity contribution in [1.29, 1.82) is 0 Å². The van der Waals surface area contributed by atoms with Crippen LogP contribution in [0.15, 0.2) is 72.8 Å². The molecule has 4 rings (SSSR count). The Hall–Kier alpha value is -3.51. The zero-order valence-electron chi connectivity index (χ0n) is 17.7. The smallest absolute Gasteiger partial charge is 0.287 e. The van der Waals surface area contributed by atoms with Crippen molar-refractivity contribution in [3.05, 3.63) is 83.9 Å². The fourth-order valence-corrected chi connectivity index (χ4v) is 3.65. The van der Waals surface area contributed by atoms with E-state index in [1.165, 1.54) is 0 Å². The summed E-state index contributed by atoms with van der Waals surface area (Å²) in [6.07, 6.45) is -0.151. The molecule has 6 nitrogen and oxygen atoms in total. The van der Waals surface area contributed by atoms with Gasteiger partial charge in [-0.25, -0.2) is 0 Å². The lowest BCUT2D eigenvalue weighted by Crippen LogP contribution is -2.89. The molecule has 0 bridgehead atoms. The van der Waals surface area contributed by atoms with Gasteiger partial charge >= 0.3 is 0 Å². The molecule has 2 atom stereocenters. The first-order valence-electron chi connectivity index (χ1n) is 10.4. The molecule has 31 heavy (non-hydrogen) atoms. The van der Waals surface area contributed by atoms with Crippen LogP contribution in [-0.2, 0) is 4.79 Å². The first-order chi connectivity index (χ1) is 15.1. The molecule has 1 aliphatic heterocycles. The van der Waals surface area contributed by atoms with Gasteiger partial charge in [-0.2, -0.15) is 0 Å². The molecule has 0 unspecified atom stereocenters. The zero-order chi connectivity index (χ0) is 21.6. The van der Waals surface area contributed by atoms with Gasteiger partial charge in [0.1, 0.15) is 18.9 Å². The Morgan fingerprint density at radius 3 is 2.61 bits per heavy atom. The van der Waals surface area contributed by atoms with Gasteiger partial charge in [0, 0.05) is 5.56 Å². The van der Waals surface area contributed by atoms with Gasteiger partial charge in [0.25, 0.3) is 5.91 Å². The summed E-state index contributed by atoms with van der Waals surface area (Å²) in [5, 5.41) is 5.03. The summed E-state index contributed by atoms with van der Waals surface area (Å²) in [5.74, 6) is 2.00. The lowest BCUT2D eigenvalue weighted by atomic mass is 10.1. The molecule has 1 heterocycles. The number of nitrogens with two attached hydrogens (primary N) is 1. The summed E-state index contributed by atoms with van der Waals surface area (Å²) < 4.78 is 17.3. The highest BCUT2D eigenvalue weighted by atomic mass is 16.6. The number of carbonyl (C=O) groups is 1. The molecule has 1 aliphatic rings. The van der Waals surface area contributed by atoms with Gasteiger partial charge in [0.05, 0.1) is 12.8 Å². The molecule has 0 fully saturated rings. The molecule has 0 spiro atoms. The van der Waals surface area contributed by atoms with Crippen LogP contribution in [0.3, 0.4) is 0 Å². The topological polar surface area (TPSA) is 73.4 Å². The monoisotopic (exact) mass is 419 g/mol. The maximum atomic E-state index is 13.3. The van der Waals surface area contributed by atoms with Crippen LogP contribution in [0.4, 0.5) is 5.69 Å². The summed E-state index contributed by atoms with van der Waals surface area (Å²) in [6, 6.07) is 22.6. The fraction of sp³-hybridized carbons (Fsp3) is 0.240. The average Bonchev–Trinajstić information content (AvgIpc) is 2.80. The van der Waals surface area contributed by atoms with Crippen molar-refractivity contribution < 1.29 is 24.3 Å². The first-order valence-corrected chi connectivity index (χ1v) is 10.4. The number of amides is 1. The number of ether oxygens (including phenoxy) is 3. The number of methoxy groups -OCH3 is 1. The van der Waals surface area contributed by atoms with Crippen LogP contribution in [0.2, 0.25) is 0 Å². The fourth-order valence-electron chi connectivity index (χ4n) is 3.65. The van der Waals surface area contributed by atoms with Gasteiger partial charge < -0.3 is 24.8 Å². The molecule has 3 aromatic carbocycles. The predicted molar refractivity (Wildman–Crippen MR) is 119 cm³/mol. The normalized spacial score (nSPS) is 15.7. The second kappa shape index (κ2) is 9.53. The van der Waals surface area contributed by atoms with E-state index in [1.54, 1.807) is 7.11 Å². The van der Waals surface area contributed by atoms with Crippen molar-refractivity contribution in [3.63, 3.8) is 0 Å².